The fourth-order valence-corrected chi connectivity index (χ4v) is 2.79. The lowest BCUT2D eigenvalue weighted by Crippen LogP contribution is -2.44. The third-order valence-corrected chi connectivity index (χ3v) is 4.01. The maximum atomic E-state index is 3.54. The predicted molar refractivity (Wildman–Crippen MR) is 75.4 cm³/mol. The number of likely N-dealkylation sites (N-methyl/N-ethyl adjacent to an activating group) is 2. The van der Waals surface area contributed by atoms with E-state index < -0.39 is 0 Å². The molecule has 102 valence electrons. The third-order valence-electron chi connectivity index (χ3n) is 4.01. The van der Waals surface area contributed by atoms with Gasteiger partial charge in [0.15, 0.2) is 0 Å². The zero-order valence-corrected chi connectivity index (χ0v) is 12.4. The molecule has 1 unspecified atom stereocenters. The van der Waals surface area contributed by atoms with Gasteiger partial charge in [0.1, 0.15) is 0 Å². The molecule has 0 aromatic carbocycles. The van der Waals surface area contributed by atoms with E-state index >= 15 is 0 Å². The second kappa shape index (κ2) is 6.72. The minimum Gasteiger partial charge on any atom is -0.316 e. The Labute approximate surface area is 108 Å². The van der Waals surface area contributed by atoms with Crippen LogP contribution < -0.4 is 5.32 Å². The van der Waals surface area contributed by atoms with Gasteiger partial charge in [-0.15, -0.1) is 0 Å². The standard InChI is InChI=1S/C14H31N3/c1-14(2,13-7-6-8-15-11-13)12-17(5)10-9-16(3)4/h13,15H,6-12H2,1-5H3. The first-order valence-corrected chi connectivity index (χ1v) is 6.96. The van der Waals surface area contributed by atoms with Gasteiger partial charge in [-0.05, 0) is 58.4 Å². The molecule has 0 bridgehead atoms. The fraction of sp³-hybridized carbons (Fsp3) is 1.00. The van der Waals surface area contributed by atoms with E-state index in [-0.39, 0.29) is 0 Å². The number of nitrogens with one attached hydrogen (secondary N) is 1. The largest absolute Gasteiger partial charge is 0.316 e. The summed E-state index contributed by atoms with van der Waals surface area (Å²) in [6, 6.07) is 0. The molecule has 1 aliphatic heterocycles. The molecule has 1 fully saturated rings. The second-order valence-electron chi connectivity index (χ2n) is 6.57. The first-order valence-electron chi connectivity index (χ1n) is 6.96. The molecular weight excluding hydrogens is 210 g/mol. The fourth-order valence-electron chi connectivity index (χ4n) is 2.79. The van der Waals surface area contributed by atoms with Crippen LogP contribution in [0.5, 0.6) is 0 Å². The molecule has 0 aromatic heterocycles. The predicted octanol–water partition coefficient (Wildman–Crippen LogP) is 1.51. The summed E-state index contributed by atoms with van der Waals surface area (Å²) in [4.78, 5) is 4.74. The summed E-state index contributed by atoms with van der Waals surface area (Å²) in [7, 11) is 6.54. The van der Waals surface area contributed by atoms with E-state index in [1.165, 1.54) is 32.5 Å². The number of rotatable bonds is 6. The normalized spacial score (nSPS) is 22.4. The lowest BCUT2D eigenvalue weighted by atomic mass is 9.74. The molecular formula is C14H31N3. The molecule has 0 amide bonds. The molecule has 1 aliphatic rings. The van der Waals surface area contributed by atoms with Crippen molar-refractivity contribution in [2.45, 2.75) is 26.7 Å². The molecule has 0 aromatic rings. The quantitative estimate of drug-likeness (QED) is 0.760. The van der Waals surface area contributed by atoms with Crippen LogP contribution in [0, 0.1) is 11.3 Å². The minimum absolute atomic E-state index is 0.425. The average Bonchev–Trinajstić information content (AvgIpc) is 2.27. The van der Waals surface area contributed by atoms with E-state index in [0.717, 1.165) is 19.0 Å². The van der Waals surface area contributed by atoms with Gasteiger partial charge >= 0.3 is 0 Å². The third kappa shape index (κ3) is 5.36. The van der Waals surface area contributed by atoms with Gasteiger partial charge in [0.25, 0.3) is 0 Å². The highest BCUT2D eigenvalue weighted by atomic mass is 15.2. The van der Waals surface area contributed by atoms with Crippen LogP contribution in [0.1, 0.15) is 26.7 Å². The minimum atomic E-state index is 0.425. The number of piperidine rings is 1. The maximum absolute atomic E-state index is 3.54. The molecule has 1 heterocycles. The Hall–Kier alpha value is -0.120. The molecule has 0 saturated carbocycles. The van der Waals surface area contributed by atoms with Gasteiger partial charge in [0.2, 0.25) is 0 Å². The topological polar surface area (TPSA) is 18.5 Å². The van der Waals surface area contributed by atoms with E-state index in [9.17, 15) is 0 Å². The number of hydrogen-bond donors (Lipinski definition) is 1. The molecule has 3 heteroatoms. The van der Waals surface area contributed by atoms with Crippen molar-refractivity contribution in [3.63, 3.8) is 0 Å². The first-order chi connectivity index (χ1) is 7.92. The Morgan fingerprint density at radius 2 is 1.88 bits per heavy atom. The van der Waals surface area contributed by atoms with Crippen molar-refractivity contribution in [1.29, 1.82) is 0 Å². The van der Waals surface area contributed by atoms with Crippen molar-refractivity contribution in [2.24, 2.45) is 11.3 Å². The summed E-state index contributed by atoms with van der Waals surface area (Å²) in [6.07, 6.45) is 2.73. The smallest absolute Gasteiger partial charge is 0.0106 e. The Morgan fingerprint density at radius 1 is 1.18 bits per heavy atom. The number of hydrogen-bond acceptors (Lipinski definition) is 3. The van der Waals surface area contributed by atoms with Crippen molar-refractivity contribution in [3.05, 3.63) is 0 Å². The van der Waals surface area contributed by atoms with Crippen LogP contribution in [0.15, 0.2) is 0 Å². The first kappa shape index (κ1) is 14.9. The molecule has 3 nitrogen and oxygen atoms in total. The lowest BCUT2D eigenvalue weighted by Gasteiger charge is -2.40. The zero-order valence-electron chi connectivity index (χ0n) is 12.4. The average molecular weight is 241 g/mol. The molecule has 0 radical (unpaired) electrons. The molecule has 0 aliphatic carbocycles. The highest BCUT2D eigenvalue weighted by Crippen LogP contribution is 2.32. The Morgan fingerprint density at radius 3 is 2.41 bits per heavy atom. The van der Waals surface area contributed by atoms with Crippen molar-refractivity contribution in [3.8, 4) is 0 Å². The van der Waals surface area contributed by atoms with Crippen molar-refractivity contribution in [1.82, 2.24) is 15.1 Å². The number of nitrogens with zero attached hydrogens (tertiary/aromatic N) is 2. The van der Waals surface area contributed by atoms with Crippen molar-refractivity contribution < 1.29 is 0 Å². The Kier molecular flexibility index (Phi) is 5.90. The summed E-state index contributed by atoms with van der Waals surface area (Å²) in [6.45, 7) is 10.8. The van der Waals surface area contributed by atoms with Crippen LogP contribution in [0.2, 0.25) is 0 Å². The molecule has 1 saturated heterocycles. The Bertz CT molecular complexity index is 208. The van der Waals surface area contributed by atoms with Crippen LogP contribution in [-0.2, 0) is 0 Å². The van der Waals surface area contributed by atoms with Gasteiger partial charge < -0.3 is 15.1 Å². The molecule has 1 rings (SSSR count). The SMILES string of the molecule is CN(C)CCN(C)CC(C)(C)C1CCCNC1. The van der Waals surface area contributed by atoms with Crippen LogP contribution in [-0.4, -0.2) is 63.7 Å². The van der Waals surface area contributed by atoms with Crippen molar-refractivity contribution >= 4 is 0 Å². The van der Waals surface area contributed by atoms with Gasteiger partial charge in [0, 0.05) is 19.6 Å². The van der Waals surface area contributed by atoms with Gasteiger partial charge in [-0.3, -0.25) is 0 Å². The monoisotopic (exact) mass is 241 g/mol. The lowest BCUT2D eigenvalue weighted by molar-refractivity contribution is 0.111. The van der Waals surface area contributed by atoms with E-state index in [2.05, 4.69) is 50.1 Å². The van der Waals surface area contributed by atoms with Gasteiger partial charge in [-0.25, -0.2) is 0 Å². The van der Waals surface area contributed by atoms with Crippen LogP contribution in [0.3, 0.4) is 0 Å². The van der Waals surface area contributed by atoms with Gasteiger partial charge in [-0.2, -0.15) is 0 Å². The summed E-state index contributed by atoms with van der Waals surface area (Å²) >= 11 is 0. The maximum Gasteiger partial charge on any atom is 0.0106 e. The molecule has 1 N–H and O–H groups in total. The van der Waals surface area contributed by atoms with Gasteiger partial charge in [-0.1, -0.05) is 13.8 Å². The van der Waals surface area contributed by atoms with E-state index in [4.69, 9.17) is 0 Å². The van der Waals surface area contributed by atoms with Crippen molar-refractivity contribution in [2.75, 3.05) is 53.9 Å². The van der Waals surface area contributed by atoms with E-state index in [1.54, 1.807) is 0 Å². The summed E-state index contributed by atoms with van der Waals surface area (Å²) < 4.78 is 0. The molecule has 17 heavy (non-hydrogen) atoms. The summed E-state index contributed by atoms with van der Waals surface area (Å²) in [5, 5.41) is 3.54. The zero-order chi connectivity index (χ0) is 12.9. The second-order valence-corrected chi connectivity index (χ2v) is 6.57. The molecule has 1 atom stereocenters. The van der Waals surface area contributed by atoms with Crippen LogP contribution >= 0.6 is 0 Å². The molecule has 0 spiro atoms. The highest BCUT2D eigenvalue weighted by molar-refractivity contribution is 4.85. The Balaban J connectivity index is 2.35. The van der Waals surface area contributed by atoms with Crippen LogP contribution in [0.25, 0.3) is 0 Å². The van der Waals surface area contributed by atoms with E-state index in [1.807, 2.05) is 0 Å². The van der Waals surface area contributed by atoms with Gasteiger partial charge in [0.05, 0.1) is 0 Å². The summed E-state index contributed by atoms with van der Waals surface area (Å²) in [5.74, 6) is 0.832. The van der Waals surface area contributed by atoms with E-state index in [0.29, 0.717) is 5.41 Å². The summed E-state index contributed by atoms with van der Waals surface area (Å²) in [5.41, 5.74) is 0.425. The van der Waals surface area contributed by atoms with Crippen LogP contribution in [0.4, 0.5) is 0 Å². The highest BCUT2D eigenvalue weighted by Gasteiger charge is 2.31.